The predicted octanol–water partition coefficient (Wildman–Crippen LogP) is 2.16. The summed E-state index contributed by atoms with van der Waals surface area (Å²) in [7, 11) is 4.74. The third-order valence-electron chi connectivity index (χ3n) is 4.08. The van der Waals surface area contributed by atoms with Crippen molar-refractivity contribution in [2.24, 2.45) is 7.05 Å². The van der Waals surface area contributed by atoms with Crippen LogP contribution in [0, 0.1) is 0 Å². The minimum absolute atomic E-state index is 0.0530. The smallest absolute Gasteiger partial charge is 0.361 e. The fourth-order valence-electron chi connectivity index (χ4n) is 2.54. The number of nitrogens with zero attached hydrogens (tertiary/aromatic N) is 3. The summed E-state index contributed by atoms with van der Waals surface area (Å²) in [5.74, 6) is -0.449. The van der Waals surface area contributed by atoms with Gasteiger partial charge in [0.1, 0.15) is 0 Å². The maximum atomic E-state index is 12.6. The average molecular weight is 345 g/mol. The zero-order chi connectivity index (χ0) is 18.6. The molecule has 1 heterocycles. The van der Waals surface area contributed by atoms with Crippen LogP contribution < -0.4 is 15.2 Å². The number of hydrogen-bond acceptors (Lipinski definition) is 6. The fourth-order valence-corrected chi connectivity index (χ4v) is 2.54. The number of carbonyl (C=O) groups is 1. The second-order valence-corrected chi connectivity index (χ2v) is 5.58. The van der Waals surface area contributed by atoms with Gasteiger partial charge in [-0.15, -0.1) is 0 Å². The van der Waals surface area contributed by atoms with Gasteiger partial charge in [0.05, 0.1) is 19.8 Å². The van der Waals surface area contributed by atoms with Gasteiger partial charge in [-0.3, -0.25) is 9.36 Å². The van der Waals surface area contributed by atoms with Crippen molar-refractivity contribution in [2.45, 2.75) is 19.9 Å². The third-order valence-corrected chi connectivity index (χ3v) is 4.08. The van der Waals surface area contributed by atoms with Gasteiger partial charge < -0.3 is 14.4 Å². The lowest BCUT2D eigenvalue weighted by atomic mass is 10.1. The highest BCUT2D eigenvalue weighted by atomic mass is 16.5. The first-order valence-corrected chi connectivity index (χ1v) is 8.02. The lowest BCUT2D eigenvalue weighted by Gasteiger charge is -2.28. The van der Waals surface area contributed by atoms with Gasteiger partial charge >= 0.3 is 5.97 Å². The van der Waals surface area contributed by atoms with E-state index >= 15 is 0 Å². The van der Waals surface area contributed by atoms with E-state index in [1.807, 2.05) is 49.2 Å². The maximum absolute atomic E-state index is 12.6. The summed E-state index contributed by atoms with van der Waals surface area (Å²) in [6.45, 7) is 3.87. The molecule has 2 aromatic rings. The van der Waals surface area contributed by atoms with Gasteiger partial charge in [0.25, 0.3) is 5.56 Å². The molecule has 0 unspecified atom stereocenters. The van der Waals surface area contributed by atoms with Crippen LogP contribution in [0.25, 0.3) is 0 Å². The van der Waals surface area contributed by atoms with Crippen molar-refractivity contribution in [2.75, 3.05) is 25.7 Å². The molecule has 0 fully saturated rings. The molecule has 1 atom stereocenters. The second kappa shape index (κ2) is 7.83. The number of rotatable bonds is 6. The summed E-state index contributed by atoms with van der Waals surface area (Å²) in [4.78, 5) is 30.9. The molecule has 7 nitrogen and oxygen atoms in total. The summed E-state index contributed by atoms with van der Waals surface area (Å²) >= 11 is 0. The number of anilines is 1. The molecule has 0 aliphatic rings. The highest BCUT2D eigenvalue weighted by Crippen LogP contribution is 2.24. The van der Waals surface area contributed by atoms with E-state index in [2.05, 4.69) is 4.98 Å². The van der Waals surface area contributed by atoms with Gasteiger partial charge in [-0.2, -0.15) is 0 Å². The van der Waals surface area contributed by atoms with E-state index in [0.29, 0.717) is 5.95 Å². The number of methoxy groups -OCH3 is 1. The molecular formula is C18H23N3O4. The Morgan fingerprint density at radius 1 is 1.32 bits per heavy atom. The van der Waals surface area contributed by atoms with E-state index in [4.69, 9.17) is 9.47 Å². The van der Waals surface area contributed by atoms with Crippen LogP contribution in [-0.4, -0.2) is 36.3 Å². The molecule has 0 N–H and O–H groups in total. The number of benzene rings is 1. The Kier molecular flexibility index (Phi) is 5.80. The zero-order valence-electron chi connectivity index (χ0n) is 15.1. The molecule has 1 aromatic heterocycles. The Balaban J connectivity index is 2.53. The Morgan fingerprint density at radius 3 is 2.52 bits per heavy atom. The molecule has 0 aliphatic carbocycles. The topological polar surface area (TPSA) is 73.7 Å². The molecule has 0 bridgehead atoms. The molecule has 134 valence electrons. The molecule has 0 spiro atoms. The second-order valence-electron chi connectivity index (χ2n) is 5.58. The summed E-state index contributed by atoms with van der Waals surface area (Å²) in [5, 5.41) is 0. The number of ether oxygens (including phenoxy) is 2. The average Bonchev–Trinajstić information content (AvgIpc) is 2.63. The highest BCUT2D eigenvalue weighted by molar-refractivity contribution is 5.90. The third kappa shape index (κ3) is 3.65. The molecule has 0 amide bonds. The first-order chi connectivity index (χ1) is 11.9. The monoisotopic (exact) mass is 345 g/mol. The molecule has 1 aromatic carbocycles. The summed E-state index contributed by atoms with van der Waals surface area (Å²) in [5.41, 5.74) is 0.505. The Morgan fingerprint density at radius 2 is 1.96 bits per heavy atom. The van der Waals surface area contributed by atoms with Crippen molar-refractivity contribution in [1.82, 2.24) is 9.55 Å². The predicted molar refractivity (Wildman–Crippen MR) is 95.2 cm³/mol. The van der Waals surface area contributed by atoms with E-state index in [-0.39, 0.29) is 24.1 Å². The van der Waals surface area contributed by atoms with Crippen molar-refractivity contribution in [3.05, 3.63) is 51.9 Å². The largest absolute Gasteiger partial charge is 0.489 e. The summed E-state index contributed by atoms with van der Waals surface area (Å²) in [6.07, 6.45) is 0. The van der Waals surface area contributed by atoms with Crippen molar-refractivity contribution >= 4 is 11.9 Å². The van der Waals surface area contributed by atoms with E-state index in [9.17, 15) is 9.59 Å². The Labute approximate surface area is 146 Å². The van der Waals surface area contributed by atoms with Crippen LogP contribution in [0.4, 0.5) is 5.95 Å². The van der Waals surface area contributed by atoms with Crippen LogP contribution in [0.3, 0.4) is 0 Å². The van der Waals surface area contributed by atoms with E-state index in [1.54, 1.807) is 14.0 Å². The van der Waals surface area contributed by atoms with Gasteiger partial charge in [-0.1, -0.05) is 30.3 Å². The maximum Gasteiger partial charge on any atom is 0.361 e. The first-order valence-electron chi connectivity index (χ1n) is 8.02. The fraction of sp³-hybridized carbons (Fsp3) is 0.389. The van der Waals surface area contributed by atoms with Crippen molar-refractivity contribution in [3.63, 3.8) is 0 Å². The van der Waals surface area contributed by atoms with Gasteiger partial charge in [0, 0.05) is 14.1 Å². The Bertz CT molecular complexity index is 802. The van der Waals surface area contributed by atoms with Crippen LogP contribution in [0.15, 0.2) is 35.1 Å². The minimum Gasteiger partial charge on any atom is -0.489 e. The summed E-state index contributed by atoms with van der Waals surface area (Å²) < 4.78 is 11.4. The number of carbonyl (C=O) groups excluding carboxylic acids is 1. The van der Waals surface area contributed by atoms with Crippen molar-refractivity contribution in [1.29, 1.82) is 0 Å². The lowest BCUT2D eigenvalue weighted by molar-refractivity contribution is 0.0514. The minimum atomic E-state index is -0.681. The van der Waals surface area contributed by atoms with Crippen LogP contribution in [0.2, 0.25) is 0 Å². The summed E-state index contributed by atoms with van der Waals surface area (Å²) in [6, 6.07) is 9.78. The molecule has 2 rings (SSSR count). The van der Waals surface area contributed by atoms with Gasteiger partial charge in [-0.05, 0) is 19.4 Å². The molecule has 25 heavy (non-hydrogen) atoms. The van der Waals surface area contributed by atoms with E-state index < -0.39 is 11.5 Å². The van der Waals surface area contributed by atoms with E-state index in [0.717, 1.165) is 5.56 Å². The SMILES string of the molecule is CCOC(=O)c1nc(N(C)[C@H](C)c2ccccc2)n(C)c(=O)c1OC. The molecular weight excluding hydrogens is 322 g/mol. The molecule has 0 saturated heterocycles. The van der Waals surface area contributed by atoms with Crippen molar-refractivity contribution in [3.8, 4) is 5.75 Å². The van der Waals surface area contributed by atoms with Crippen LogP contribution >= 0.6 is 0 Å². The molecule has 0 radical (unpaired) electrons. The molecule has 0 saturated carbocycles. The van der Waals surface area contributed by atoms with Crippen molar-refractivity contribution < 1.29 is 14.3 Å². The highest BCUT2D eigenvalue weighted by Gasteiger charge is 2.25. The van der Waals surface area contributed by atoms with Crippen LogP contribution in [0.5, 0.6) is 5.75 Å². The van der Waals surface area contributed by atoms with Crippen LogP contribution in [0.1, 0.15) is 35.9 Å². The Hall–Kier alpha value is -2.83. The quantitative estimate of drug-likeness (QED) is 0.747. The number of hydrogen-bond donors (Lipinski definition) is 0. The lowest BCUT2D eigenvalue weighted by Crippen LogP contribution is -2.33. The first kappa shape index (κ1) is 18.5. The molecule has 7 heteroatoms. The van der Waals surface area contributed by atoms with Crippen LogP contribution in [-0.2, 0) is 11.8 Å². The zero-order valence-corrected chi connectivity index (χ0v) is 15.1. The number of esters is 1. The van der Waals surface area contributed by atoms with Gasteiger partial charge in [-0.25, -0.2) is 9.78 Å². The van der Waals surface area contributed by atoms with Gasteiger partial charge in [0.2, 0.25) is 11.7 Å². The number of aromatic nitrogens is 2. The van der Waals surface area contributed by atoms with E-state index in [1.165, 1.54) is 11.7 Å². The molecule has 0 aliphatic heterocycles. The normalized spacial score (nSPS) is 11.7. The standard InChI is InChI=1S/C18H23N3O4/c1-6-25-17(23)14-15(24-5)16(22)21(4)18(19-14)20(3)12(2)13-10-8-7-9-11-13/h7-12H,6H2,1-5H3/t12-/m1/s1. The van der Waals surface area contributed by atoms with Gasteiger partial charge in [0.15, 0.2) is 5.69 Å².